The van der Waals surface area contributed by atoms with E-state index in [1.165, 1.54) is 46.8 Å². The lowest BCUT2D eigenvalue weighted by Gasteiger charge is -2.34. The van der Waals surface area contributed by atoms with Crippen molar-refractivity contribution in [1.82, 2.24) is 51.9 Å². The van der Waals surface area contributed by atoms with Gasteiger partial charge in [0.05, 0.1) is 6.10 Å². The van der Waals surface area contributed by atoms with Crippen LogP contribution in [0, 0.1) is 35.5 Å². The summed E-state index contributed by atoms with van der Waals surface area (Å²) in [4.78, 5) is 141. The number of amides is 10. The van der Waals surface area contributed by atoms with Gasteiger partial charge in [-0.2, -0.15) is 0 Å². The van der Waals surface area contributed by atoms with Crippen molar-refractivity contribution in [2.24, 2.45) is 35.5 Å². The molecular weight excluding hydrogens is 1000 g/mol. The molecule has 8 N–H and O–H groups in total. The highest BCUT2D eigenvalue weighted by Crippen LogP contribution is 2.18. The molecule has 11 atom stereocenters. The number of hydrogen-bond acceptors (Lipinski definition) is 11. The summed E-state index contributed by atoms with van der Waals surface area (Å²) in [5.74, 6) is -6.26. The Morgan fingerprint density at radius 3 is 1.41 bits per heavy atom. The van der Waals surface area contributed by atoms with Gasteiger partial charge in [0.15, 0.2) is 0 Å². The maximum atomic E-state index is 14.7. The van der Waals surface area contributed by atoms with Crippen LogP contribution >= 0.6 is 0 Å². The Bertz CT molecular complexity index is 2120. The largest absolute Gasteiger partial charge is 0.391 e. The molecule has 21 heteroatoms. The van der Waals surface area contributed by atoms with Gasteiger partial charge >= 0.3 is 0 Å². The molecule has 0 spiro atoms. The van der Waals surface area contributed by atoms with Gasteiger partial charge in [0.1, 0.15) is 54.4 Å². The van der Waals surface area contributed by atoms with Crippen LogP contribution in [0.4, 0.5) is 0 Å². The molecule has 1 unspecified atom stereocenters. The van der Waals surface area contributed by atoms with Crippen molar-refractivity contribution >= 4 is 59.6 Å². The van der Waals surface area contributed by atoms with Crippen LogP contribution in [0.1, 0.15) is 142 Å². The first kappa shape index (κ1) is 69.9. The lowest BCUT2D eigenvalue weighted by molar-refractivity contribution is -0.144. The molecule has 1 aromatic rings. The van der Waals surface area contributed by atoms with Crippen LogP contribution in [0.25, 0.3) is 0 Å². The van der Waals surface area contributed by atoms with E-state index in [-0.39, 0.29) is 61.2 Å². The first-order chi connectivity index (χ1) is 36.3. The monoisotopic (exact) mass is 1100 g/mol. The van der Waals surface area contributed by atoms with Crippen LogP contribution in [0.2, 0.25) is 0 Å². The number of aliphatic hydroxyl groups is 1. The second-order valence-electron chi connectivity index (χ2n) is 23.2. The lowest BCUT2D eigenvalue weighted by atomic mass is 9.96. The Morgan fingerprint density at radius 1 is 0.500 bits per heavy atom. The van der Waals surface area contributed by atoms with Crippen molar-refractivity contribution in [3.63, 3.8) is 0 Å². The Balaban J connectivity index is 3.55. The fourth-order valence-corrected chi connectivity index (χ4v) is 8.42. The van der Waals surface area contributed by atoms with Gasteiger partial charge in [-0.3, -0.25) is 47.9 Å². The summed E-state index contributed by atoms with van der Waals surface area (Å²) in [6.45, 7) is 27.3. The summed E-state index contributed by atoms with van der Waals surface area (Å²) < 4.78 is 0. The number of likely N-dealkylation sites (N-methyl/N-ethyl adjacent to an activating group) is 3. The van der Waals surface area contributed by atoms with Gasteiger partial charge < -0.3 is 57.0 Å². The molecule has 0 aliphatic rings. The molecule has 0 saturated heterocycles. The van der Waals surface area contributed by atoms with E-state index >= 15 is 0 Å². The summed E-state index contributed by atoms with van der Waals surface area (Å²) in [6, 6.07) is -1.69. The molecule has 10 amide bonds. The molecule has 1 aromatic carbocycles. The predicted molar refractivity (Wildman–Crippen MR) is 301 cm³/mol. The number of nitrogens with zero attached hydrogens (tertiary/aromatic N) is 3. The second-order valence-corrected chi connectivity index (χ2v) is 23.2. The molecular formula is C57H98N10O11. The number of carbonyl (C=O) groups is 10. The average molecular weight is 1100 g/mol. The van der Waals surface area contributed by atoms with Crippen molar-refractivity contribution in [3.05, 3.63) is 35.9 Å². The summed E-state index contributed by atoms with van der Waals surface area (Å²) in [7, 11) is 4.24. The summed E-state index contributed by atoms with van der Waals surface area (Å²) in [6.07, 6.45) is 0.650. The third-order valence-electron chi connectivity index (χ3n) is 13.8. The summed E-state index contributed by atoms with van der Waals surface area (Å²) in [5.41, 5.74) is 0.628. The van der Waals surface area contributed by atoms with Crippen LogP contribution in [0.3, 0.4) is 0 Å². The zero-order chi connectivity index (χ0) is 59.9. The minimum absolute atomic E-state index is 0.0624. The van der Waals surface area contributed by atoms with Gasteiger partial charge in [0.25, 0.3) is 0 Å². The smallest absolute Gasteiger partial charge is 0.245 e. The predicted octanol–water partition coefficient (Wildman–Crippen LogP) is 2.67. The van der Waals surface area contributed by atoms with Gasteiger partial charge in [-0.1, -0.05) is 120 Å². The van der Waals surface area contributed by atoms with Gasteiger partial charge in [-0.05, 0) is 87.5 Å². The molecule has 0 bridgehead atoms. The maximum Gasteiger partial charge on any atom is 0.245 e. The molecule has 21 nitrogen and oxygen atoms in total. The number of nitrogens with one attached hydrogen (secondary N) is 7. The Hall–Kier alpha value is -6.12. The Morgan fingerprint density at radius 2 is 0.936 bits per heavy atom. The standard InChI is InChI=1S/C57H98N10O11/c1-19-37(12)30-58-51(72)42(25-32(2)3)59-54(75)47(36(10)11)63-53(74)46(28-35(8)9)67(18)57(78)45(27-34(6)7)62-52(73)43(29-41-23-21-20-22-24-41)60-55(76)48(40(15)69)64-50(71)39(14)66(17)56(77)44(26-33(4)5)61-49(70)38(13)65(16)31-68/h20-24,31-40,42-48,69H,19,25-30H2,1-18H3,(H,58,72)(H,59,75)(H,60,76)(H,61,70)(H,62,73)(H,63,74)(H,64,71)/t37?,38-,39-,40+,42-,43-,44-,45-,46-,47-,48-/m0/s1. The number of rotatable bonds is 34. The van der Waals surface area contributed by atoms with Gasteiger partial charge in [-0.25, -0.2) is 0 Å². The molecule has 442 valence electrons. The van der Waals surface area contributed by atoms with Crippen LogP contribution in [0.5, 0.6) is 0 Å². The SMILES string of the molecule is CCC(C)CNC(=O)[C@H](CC(C)C)NC(=O)[C@@H](NC(=O)[C@H](CC(C)C)N(C)C(=O)[C@H](CC(C)C)NC(=O)[C@H](Cc1ccccc1)NC(=O)[C@@H](NC(=O)[C@H](C)N(C)C(=O)[C@H](CC(C)C)NC(=O)[C@H](C)N(C)C=O)[C@@H](C)O)C(C)C. The van der Waals surface area contributed by atoms with E-state index in [9.17, 15) is 53.1 Å². The first-order valence-electron chi connectivity index (χ1n) is 27.8. The normalized spacial score (nSPS) is 15.7. The van der Waals surface area contributed by atoms with Crippen molar-refractivity contribution in [3.8, 4) is 0 Å². The van der Waals surface area contributed by atoms with Crippen molar-refractivity contribution in [2.75, 3.05) is 27.7 Å². The number of benzene rings is 1. The van der Waals surface area contributed by atoms with Crippen LogP contribution in [-0.2, 0) is 54.4 Å². The Labute approximate surface area is 465 Å². The van der Waals surface area contributed by atoms with Crippen LogP contribution in [0.15, 0.2) is 30.3 Å². The van der Waals surface area contributed by atoms with Crippen LogP contribution in [-0.4, -0.2) is 168 Å². The minimum atomic E-state index is -1.64. The number of hydrogen-bond donors (Lipinski definition) is 8. The summed E-state index contributed by atoms with van der Waals surface area (Å²) in [5, 5.41) is 30.3. The van der Waals surface area contributed by atoms with Crippen molar-refractivity contribution in [1.29, 1.82) is 0 Å². The third-order valence-corrected chi connectivity index (χ3v) is 13.8. The number of aliphatic hydroxyl groups excluding tert-OH is 1. The van der Waals surface area contributed by atoms with E-state index in [4.69, 9.17) is 0 Å². The molecule has 0 radical (unpaired) electrons. The molecule has 0 aliphatic heterocycles. The maximum absolute atomic E-state index is 14.7. The van der Waals surface area contributed by atoms with Gasteiger partial charge in [-0.15, -0.1) is 0 Å². The minimum Gasteiger partial charge on any atom is -0.391 e. The Kier molecular flexibility index (Phi) is 30.5. The zero-order valence-electron chi connectivity index (χ0n) is 50.0. The van der Waals surface area contributed by atoms with E-state index < -0.39 is 114 Å². The van der Waals surface area contributed by atoms with Crippen molar-refractivity contribution in [2.45, 2.75) is 203 Å². The molecule has 0 aliphatic carbocycles. The molecule has 1 rings (SSSR count). The third kappa shape index (κ3) is 23.5. The molecule has 78 heavy (non-hydrogen) atoms. The quantitative estimate of drug-likeness (QED) is 0.0465. The van der Waals surface area contributed by atoms with E-state index in [0.717, 1.165) is 16.2 Å². The van der Waals surface area contributed by atoms with Gasteiger partial charge in [0.2, 0.25) is 59.6 Å². The first-order valence-corrected chi connectivity index (χ1v) is 27.8. The topological polar surface area (TPSA) is 285 Å². The van der Waals surface area contributed by atoms with Crippen molar-refractivity contribution < 1.29 is 53.1 Å². The van der Waals surface area contributed by atoms with Gasteiger partial charge in [0, 0.05) is 34.1 Å². The zero-order valence-corrected chi connectivity index (χ0v) is 50.0. The fraction of sp³-hybridized carbons (Fsp3) is 0.719. The average Bonchev–Trinajstić information content (AvgIpc) is 3.36. The lowest BCUT2D eigenvalue weighted by Crippen LogP contribution is -2.62. The molecule has 0 aromatic heterocycles. The highest BCUT2D eigenvalue weighted by molar-refractivity contribution is 5.98. The highest BCUT2D eigenvalue weighted by Gasteiger charge is 2.39. The van der Waals surface area contributed by atoms with E-state index in [1.807, 2.05) is 69.2 Å². The molecule has 0 saturated carbocycles. The molecule has 0 fully saturated rings. The van der Waals surface area contributed by atoms with Crippen LogP contribution < -0.4 is 37.2 Å². The highest BCUT2D eigenvalue weighted by atomic mass is 16.3. The number of carbonyl (C=O) groups excluding carboxylic acids is 10. The molecule has 0 heterocycles. The fourth-order valence-electron chi connectivity index (χ4n) is 8.42. The van der Waals surface area contributed by atoms with E-state index in [1.54, 1.807) is 44.2 Å². The van der Waals surface area contributed by atoms with E-state index in [0.29, 0.717) is 24.9 Å². The summed E-state index contributed by atoms with van der Waals surface area (Å²) >= 11 is 0. The second kappa shape index (κ2) is 34.0. The van der Waals surface area contributed by atoms with E-state index in [2.05, 4.69) is 37.2 Å².